The van der Waals surface area contributed by atoms with E-state index in [-0.39, 0.29) is 12.5 Å². The number of likely N-dealkylation sites (N-methyl/N-ethyl adjacent to an activating group) is 1. The summed E-state index contributed by atoms with van der Waals surface area (Å²) in [4.78, 5) is 24.3. The van der Waals surface area contributed by atoms with Crippen molar-refractivity contribution in [1.29, 1.82) is 0 Å². The molecule has 0 saturated carbocycles. The number of amides is 2. The third kappa shape index (κ3) is 5.31. The second-order valence-electron chi connectivity index (χ2n) is 5.36. The lowest BCUT2D eigenvalue weighted by Gasteiger charge is -2.13. The van der Waals surface area contributed by atoms with Gasteiger partial charge in [0, 0.05) is 13.1 Å². The number of ether oxygens (including phenoxy) is 1. The van der Waals surface area contributed by atoms with Crippen LogP contribution in [0.25, 0.3) is 6.08 Å². The smallest absolute Gasteiger partial charge is 0.255 e. The van der Waals surface area contributed by atoms with Crippen molar-refractivity contribution in [3.63, 3.8) is 0 Å². The number of benzene rings is 1. The Morgan fingerprint density at radius 3 is 2.50 bits per heavy atom. The Morgan fingerprint density at radius 2 is 1.92 bits per heavy atom. The number of primary amides is 1. The molecule has 0 atom stereocenters. The van der Waals surface area contributed by atoms with Crippen molar-refractivity contribution in [2.75, 3.05) is 13.7 Å². The molecule has 6 heteroatoms. The first-order valence-corrected chi connectivity index (χ1v) is 7.43. The highest BCUT2D eigenvalue weighted by Crippen LogP contribution is 2.13. The zero-order chi connectivity index (χ0) is 17.5. The number of furan rings is 1. The number of nitrogens with two attached hydrogens (primary N) is 1. The van der Waals surface area contributed by atoms with Gasteiger partial charge in [0.05, 0.1) is 6.54 Å². The number of carbonyl (C=O) groups excluding carboxylic acids is 2. The van der Waals surface area contributed by atoms with Crippen LogP contribution in [0.5, 0.6) is 5.75 Å². The summed E-state index contributed by atoms with van der Waals surface area (Å²) < 4.78 is 10.6. The standard InChI is InChI=1S/C18H20N2O4/c1-13-3-7-16(24-13)11-20(2)18(22)10-6-14-4-8-15(9-5-14)23-12-17(19)21/h3-10H,11-12H2,1-2H3,(H2,19,21). The number of nitrogens with zero attached hydrogens (tertiary/aromatic N) is 1. The van der Waals surface area contributed by atoms with Gasteiger partial charge in [-0.3, -0.25) is 9.59 Å². The van der Waals surface area contributed by atoms with E-state index in [4.69, 9.17) is 14.9 Å². The molecular formula is C18H20N2O4. The van der Waals surface area contributed by atoms with Crippen LogP contribution in [0.1, 0.15) is 17.1 Å². The van der Waals surface area contributed by atoms with Gasteiger partial charge >= 0.3 is 0 Å². The van der Waals surface area contributed by atoms with E-state index in [2.05, 4.69) is 0 Å². The van der Waals surface area contributed by atoms with E-state index in [0.717, 1.165) is 17.1 Å². The molecule has 0 aliphatic heterocycles. The van der Waals surface area contributed by atoms with Crippen LogP contribution >= 0.6 is 0 Å². The molecule has 2 amide bonds. The minimum atomic E-state index is -0.528. The average molecular weight is 328 g/mol. The maximum atomic E-state index is 12.1. The largest absolute Gasteiger partial charge is 0.484 e. The summed E-state index contributed by atoms with van der Waals surface area (Å²) in [5.41, 5.74) is 5.86. The molecule has 0 spiro atoms. The van der Waals surface area contributed by atoms with Crippen molar-refractivity contribution in [2.45, 2.75) is 13.5 Å². The Morgan fingerprint density at radius 1 is 1.21 bits per heavy atom. The molecule has 0 aliphatic carbocycles. The highest BCUT2D eigenvalue weighted by molar-refractivity contribution is 5.91. The van der Waals surface area contributed by atoms with Crippen molar-refractivity contribution in [2.24, 2.45) is 5.73 Å². The number of aryl methyl sites for hydroxylation is 1. The summed E-state index contributed by atoms with van der Waals surface area (Å²) in [6, 6.07) is 10.7. The van der Waals surface area contributed by atoms with Crippen LogP contribution < -0.4 is 10.5 Å². The molecule has 1 aromatic heterocycles. The molecule has 6 nitrogen and oxygen atoms in total. The molecule has 1 heterocycles. The monoisotopic (exact) mass is 328 g/mol. The minimum absolute atomic E-state index is 0.127. The van der Waals surface area contributed by atoms with Gasteiger partial charge in [-0.05, 0) is 42.8 Å². The van der Waals surface area contributed by atoms with Crippen molar-refractivity contribution in [3.8, 4) is 5.75 Å². The second-order valence-corrected chi connectivity index (χ2v) is 5.36. The van der Waals surface area contributed by atoms with Crippen LogP contribution in [0, 0.1) is 6.92 Å². The molecular weight excluding hydrogens is 308 g/mol. The van der Waals surface area contributed by atoms with Crippen LogP contribution in [0.4, 0.5) is 0 Å². The predicted molar refractivity (Wildman–Crippen MR) is 90.1 cm³/mol. The normalized spacial score (nSPS) is 10.8. The molecule has 2 rings (SSSR count). The Bertz CT molecular complexity index is 732. The molecule has 2 aromatic rings. The number of hydrogen-bond acceptors (Lipinski definition) is 4. The van der Waals surface area contributed by atoms with E-state index in [9.17, 15) is 9.59 Å². The third-order valence-electron chi connectivity index (χ3n) is 3.24. The van der Waals surface area contributed by atoms with Gasteiger partial charge in [-0.1, -0.05) is 12.1 Å². The first-order chi connectivity index (χ1) is 11.4. The van der Waals surface area contributed by atoms with E-state index in [1.807, 2.05) is 19.1 Å². The summed E-state index contributed by atoms with van der Waals surface area (Å²) >= 11 is 0. The van der Waals surface area contributed by atoms with Crippen LogP contribution in [-0.2, 0) is 16.1 Å². The SMILES string of the molecule is Cc1ccc(CN(C)C(=O)C=Cc2ccc(OCC(N)=O)cc2)o1. The maximum absolute atomic E-state index is 12.1. The predicted octanol–water partition coefficient (Wildman–Crippen LogP) is 2.12. The highest BCUT2D eigenvalue weighted by atomic mass is 16.5. The number of rotatable bonds is 7. The summed E-state index contributed by atoms with van der Waals surface area (Å²) in [5.74, 6) is 1.45. The van der Waals surface area contributed by atoms with Gasteiger partial charge in [0.2, 0.25) is 5.91 Å². The van der Waals surface area contributed by atoms with Gasteiger partial charge in [-0.2, -0.15) is 0 Å². The zero-order valence-electron chi connectivity index (χ0n) is 13.7. The fraction of sp³-hybridized carbons (Fsp3) is 0.222. The molecule has 0 unspecified atom stereocenters. The summed E-state index contributed by atoms with van der Waals surface area (Å²) in [7, 11) is 1.71. The van der Waals surface area contributed by atoms with Crippen LogP contribution in [0.2, 0.25) is 0 Å². The lowest BCUT2D eigenvalue weighted by molar-refractivity contribution is -0.125. The van der Waals surface area contributed by atoms with Crippen molar-refractivity contribution < 1.29 is 18.7 Å². The molecule has 0 bridgehead atoms. The first kappa shape index (κ1) is 17.3. The lowest BCUT2D eigenvalue weighted by Crippen LogP contribution is -2.23. The van der Waals surface area contributed by atoms with E-state index >= 15 is 0 Å². The van der Waals surface area contributed by atoms with E-state index in [0.29, 0.717) is 12.3 Å². The summed E-state index contributed by atoms with van der Waals surface area (Å²) in [6.45, 7) is 2.11. The molecule has 0 aliphatic rings. The molecule has 0 saturated heterocycles. The van der Waals surface area contributed by atoms with Gasteiger partial charge in [0.25, 0.3) is 5.91 Å². The van der Waals surface area contributed by atoms with Gasteiger partial charge < -0.3 is 19.8 Å². The third-order valence-corrected chi connectivity index (χ3v) is 3.24. The molecule has 0 fully saturated rings. The lowest BCUT2D eigenvalue weighted by atomic mass is 10.2. The zero-order valence-corrected chi connectivity index (χ0v) is 13.7. The van der Waals surface area contributed by atoms with Gasteiger partial charge in [-0.15, -0.1) is 0 Å². The fourth-order valence-corrected chi connectivity index (χ4v) is 2.01. The van der Waals surface area contributed by atoms with Crippen molar-refractivity contribution >= 4 is 17.9 Å². The number of carbonyl (C=O) groups is 2. The summed E-state index contributed by atoms with van der Waals surface area (Å²) in [6.07, 6.45) is 3.21. The van der Waals surface area contributed by atoms with Gasteiger partial charge in [-0.25, -0.2) is 0 Å². The first-order valence-electron chi connectivity index (χ1n) is 7.43. The Labute approximate surface area is 140 Å². The quantitative estimate of drug-likeness (QED) is 0.789. The second kappa shape index (κ2) is 8.01. The minimum Gasteiger partial charge on any atom is -0.484 e. The topological polar surface area (TPSA) is 85.8 Å². The van der Waals surface area contributed by atoms with Crippen LogP contribution in [0.3, 0.4) is 0 Å². The van der Waals surface area contributed by atoms with Crippen LogP contribution in [-0.4, -0.2) is 30.4 Å². The van der Waals surface area contributed by atoms with E-state index in [1.54, 1.807) is 42.3 Å². The van der Waals surface area contributed by atoms with Crippen LogP contribution in [0.15, 0.2) is 46.9 Å². The van der Waals surface area contributed by atoms with E-state index in [1.165, 1.54) is 6.08 Å². The maximum Gasteiger partial charge on any atom is 0.255 e. The molecule has 2 N–H and O–H groups in total. The van der Waals surface area contributed by atoms with Gasteiger partial charge in [0.1, 0.15) is 17.3 Å². The summed E-state index contributed by atoms with van der Waals surface area (Å²) in [5, 5.41) is 0. The van der Waals surface area contributed by atoms with Crippen molar-refractivity contribution in [1.82, 2.24) is 4.90 Å². The molecule has 126 valence electrons. The van der Waals surface area contributed by atoms with Gasteiger partial charge in [0.15, 0.2) is 6.61 Å². The average Bonchev–Trinajstić information content (AvgIpc) is 2.96. The Hall–Kier alpha value is -3.02. The van der Waals surface area contributed by atoms with E-state index < -0.39 is 5.91 Å². The Balaban J connectivity index is 1.89. The fourth-order valence-electron chi connectivity index (χ4n) is 2.01. The molecule has 1 aromatic carbocycles. The van der Waals surface area contributed by atoms with Crippen molar-refractivity contribution in [3.05, 3.63) is 59.6 Å². The Kier molecular flexibility index (Phi) is 5.78. The number of hydrogen-bond donors (Lipinski definition) is 1. The highest BCUT2D eigenvalue weighted by Gasteiger charge is 2.08. The molecule has 24 heavy (non-hydrogen) atoms. The molecule has 0 radical (unpaired) electrons.